The molecule has 1 saturated heterocycles. The van der Waals surface area contributed by atoms with E-state index < -0.39 is 0 Å². The lowest BCUT2D eigenvalue weighted by molar-refractivity contribution is -0.117. The summed E-state index contributed by atoms with van der Waals surface area (Å²) in [5.74, 6) is 0.668. The van der Waals surface area contributed by atoms with E-state index in [0.29, 0.717) is 12.0 Å². The van der Waals surface area contributed by atoms with Gasteiger partial charge in [0.1, 0.15) is 0 Å². The Bertz CT molecular complexity index is 147. The fourth-order valence-electron chi connectivity index (χ4n) is 2.12. The fraction of sp³-hybridized carbons (Fsp3) is 1.00. The van der Waals surface area contributed by atoms with Gasteiger partial charge >= 0.3 is 0 Å². The van der Waals surface area contributed by atoms with E-state index >= 15 is 0 Å². The standard InChI is InChI=1S/C12H24O2/c1-4-5-6-7-8-11-10(2)9-12(13-3)14-11/h10-12H,4-9H2,1-3H3. The molecular weight excluding hydrogens is 176 g/mol. The van der Waals surface area contributed by atoms with Crippen molar-refractivity contribution in [3.8, 4) is 0 Å². The van der Waals surface area contributed by atoms with Gasteiger partial charge in [-0.3, -0.25) is 0 Å². The lowest BCUT2D eigenvalue weighted by Gasteiger charge is -2.14. The number of hydrogen-bond acceptors (Lipinski definition) is 2. The summed E-state index contributed by atoms with van der Waals surface area (Å²) >= 11 is 0. The molecule has 0 aromatic rings. The van der Waals surface area contributed by atoms with Crippen molar-refractivity contribution in [1.29, 1.82) is 0 Å². The molecule has 0 aliphatic carbocycles. The van der Waals surface area contributed by atoms with Gasteiger partial charge in [0.15, 0.2) is 6.29 Å². The Morgan fingerprint density at radius 3 is 2.64 bits per heavy atom. The smallest absolute Gasteiger partial charge is 0.157 e. The minimum Gasteiger partial charge on any atom is -0.356 e. The molecule has 0 N–H and O–H groups in total. The third-order valence-electron chi connectivity index (χ3n) is 3.13. The molecule has 0 aromatic heterocycles. The van der Waals surface area contributed by atoms with Gasteiger partial charge in [-0.25, -0.2) is 0 Å². The summed E-state index contributed by atoms with van der Waals surface area (Å²) in [5.41, 5.74) is 0. The van der Waals surface area contributed by atoms with E-state index in [1.165, 1.54) is 32.1 Å². The van der Waals surface area contributed by atoms with Crippen LogP contribution >= 0.6 is 0 Å². The molecule has 84 valence electrons. The number of rotatable bonds is 6. The van der Waals surface area contributed by atoms with Gasteiger partial charge in [-0.2, -0.15) is 0 Å². The van der Waals surface area contributed by atoms with Gasteiger partial charge in [0, 0.05) is 13.5 Å². The third-order valence-corrected chi connectivity index (χ3v) is 3.13. The fourth-order valence-corrected chi connectivity index (χ4v) is 2.12. The van der Waals surface area contributed by atoms with Crippen LogP contribution in [0, 0.1) is 5.92 Å². The van der Waals surface area contributed by atoms with E-state index in [-0.39, 0.29) is 6.29 Å². The van der Waals surface area contributed by atoms with E-state index in [1.807, 2.05) is 0 Å². The van der Waals surface area contributed by atoms with Crippen molar-refractivity contribution >= 4 is 0 Å². The van der Waals surface area contributed by atoms with Crippen LogP contribution in [0.4, 0.5) is 0 Å². The number of ether oxygens (including phenoxy) is 2. The van der Waals surface area contributed by atoms with Crippen LogP contribution in [0.25, 0.3) is 0 Å². The Balaban J connectivity index is 2.12. The summed E-state index contributed by atoms with van der Waals surface area (Å²) in [6, 6.07) is 0. The molecule has 3 unspecified atom stereocenters. The Morgan fingerprint density at radius 1 is 1.29 bits per heavy atom. The van der Waals surface area contributed by atoms with E-state index in [4.69, 9.17) is 9.47 Å². The molecule has 1 aliphatic heterocycles. The van der Waals surface area contributed by atoms with Crippen LogP contribution in [0.5, 0.6) is 0 Å². The number of hydrogen-bond donors (Lipinski definition) is 0. The first kappa shape index (κ1) is 12.0. The maximum atomic E-state index is 5.78. The predicted octanol–water partition coefficient (Wildman–Crippen LogP) is 3.35. The first-order valence-corrected chi connectivity index (χ1v) is 5.96. The summed E-state index contributed by atoms with van der Waals surface area (Å²) in [6.45, 7) is 4.51. The molecule has 0 saturated carbocycles. The molecule has 0 radical (unpaired) electrons. The highest BCUT2D eigenvalue weighted by atomic mass is 16.7. The van der Waals surface area contributed by atoms with E-state index in [2.05, 4.69) is 13.8 Å². The van der Waals surface area contributed by atoms with Crippen molar-refractivity contribution in [3.63, 3.8) is 0 Å². The van der Waals surface area contributed by atoms with Gasteiger partial charge in [0.2, 0.25) is 0 Å². The summed E-state index contributed by atoms with van der Waals surface area (Å²) in [7, 11) is 1.73. The van der Waals surface area contributed by atoms with Crippen LogP contribution in [0.3, 0.4) is 0 Å². The second-order valence-corrected chi connectivity index (χ2v) is 4.40. The monoisotopic (exact) mass is 200 g/mol. The lowest BCUT2D eigenvalue weighted by atomic mass is 9.98. The van der Waals surface area contributed by atoms with Gasteiger partial charge in [-0.15, -0.1) is 0 Å². The second-order valence-electron chi connectivity index (χ2n) is 4.40. The lowest BCUT2D eigenvalue weighted by Crippen LogP contribution is -2.14. The van der Waals surface area contributed by atoms with Gasteiger partial charge in [-0.05, 0) is 12.3 Å². The molecule has 3 atom stereocenters. The molecule has 1 rings (SSSR count). The average Bonchev–Trinajstić information content (AvgIpc) is 2.54. The number of unbranched alkanes of at least 4 members (excludes halogenated alkanes) is 3. The van der Waals surface area contributed by atoms with Crippen molar-refractivity contribution in [1.82, 2.24) is 0 Å². The third kappa shape index (κ3) is 3.58. The van der Waals surface area contributed by atoms with Crippen LogP contribution in [0.15, 0.2) is 0 Å². The summed E-state index contributed by atoms with van der Waals surface area (Å²) in [5, 5.41) is 0. The topological polar surface area (TPSA) is 18.5 Å². The Morgan fingerprint density at radius 2 is 2.07 bits per heavy atom. The molecule has 0 aromatic carbocycles. The van der Waals surface area contributed by atoms with E-state index in [9.17, 15) is 0 Å². The first-order chi connectivity index (χ1) is 6.77. The zero-order valence-corrected chi connectivity index (χ0v) is 9.79. The SMILES string of the molecule is CCCCCCC1OC(OC)CC1C. The molecule has 1 heterocycles. The predicted molar refractivity (Wildman–Crippen MR) is 58.2 cm³/mol. The maximum Gasteiger partial charge on any atom is 0.157 e. The molecular formula is C12H24O2. The first-order valence-electron chi connectivity index (χ1n) is 5.96. The summed E-state index contributed by atoms with van der Waals surface area (Å²) in [6.07, 6.45) is 8.09. The average molecular weight is 200 g/mol. The van der Waals surface area contributed by atoms with Crippen LogP contribution in [-0.2, 0) is 9.47 Å². The highest BCUT2D eigenvalue weighted by molar-refractivity contribution is 4.75. The Kier molecular flexibility index (Phi) is 5.49. The quantitative estimate of drug-likeness (QED) is 0.612. The van der Waals surface area contributed by atoms with Crippen molar-refractivity contribution in [2.24, 2.45) is 5.92 Å². The molecule has 14 heavy (non-hydrogen) atoms. The molecule has 1 fully saturated rings. The zero-order valence-electron chi connectivity index (χ0n) is 9.79. The van der Waals surface area contributed by atoms with E-state index in [1.54, 1.807) is 7.11 Å². The van der Waals surface area contributed by atoms with Crippen LogP contribution in [-0.4, -0.2) is 19.5 Å². The normalized spacial score (nSPS) is 32.4. The maximum absolute atomic E-state index is 5.78. The second kappa shape index (κ2) is 6.41. The number of methoxy groups -OCH3 is 1. The molecule has 2 nitrogen and oxygen atoms in total. The van der Waals surface area contributed by atoms with E-state index in [0.717, 1.165) is 6.42 Å². The van der Waals surface area contributed by atoms with Crippen molar-refractivity contribution in [2.75, 3.05) is 7.11 Å². The van der Waals surface area contributed by atoms with Crippen molar-refractivity contribution < 1.29 is 9.47 Å². The molecule has 0 amide bonds. The molecule has 2 heteroatoms. The minimum atomic E-state index is 0.0566. The van der Waals surface area contributed by atoms with Crippen molar-refractivity contribution in [2.45, 2.75) is 64.8 Å². The Hall–Kier alpha value is -0.0800. The van der Waals surface area contributed by atoms with Crippen LogP contribution < -0.4 is 0 Å². The van der Waals surface area contributed by atoms with Gasteiger partial charge in [0.05, 0.1) is 6.10 Å². The minimum absolute atomic E-state index is 0.0566. The van der Waals surface area contributed by atoms with Crippen LogP contribution in [0.1, 0.15) is 52.4 Å². The Labute approximate surface area is 88.0 Å². The highest BCUT2D eigenvalue weighted by Crippen LogP contribution is 2.29. The summed E-state index contributed by atoms with van der Waals surface area (Å²) < 4.78 is 11.0. The van der Waals surface area contributed by atoms with Crippen LogP contribution in [0.2, 0.25) is 0 Å². The highest BCUT2D eigenvalue weighted by Gasteiger charge is 2.31. The van der Waals surface area contributed by atoms with Gasteiger partial charge < -0.3 is 9.47 Å². The summed E-state index contributed by atoms with van der Waals surface area (Å²) in [4.78, 5) is 0. The molecule has 0 bridgehead atoms. The molecule has 0 spiro atoms. The van der Waals surface area contributed by atoms with Crippen molar-refractivity contribution in [3.05, 3.63) is 0 Å². The zero-order chi connectivity index (χ0) is 10.4. The van der Waals surface area contributed by atoms with Gasteiger partial charge in [0.25, 0.3) is 0 Å². The largest absolute Gasteiger partial charge is 0.356 e. The van der Waals surface area contributed by atoms with Gasteiger partial charge in [-0.1, -0.05) is 39.5 Å². The molecule has 1 aliphatic rings.